The second-order valence-corrected chi connectivity index (χ2v) is 9.39. The summed E-state index contributed by atoms with van der Waals surface area (Å²) in [6.07, 6.45) is 6.15. The summed E-state index contributed by atoms with van der Waals surface area (Å²) < 4.78 is 39.3. The molecule has 156 valence electrons. The molecule has 0 radical (unpaired) electrons. The number of anilines is 1. The maximum atomic E-state index is 14.1. The predicted molar refractivity (Wildman–Crippen MR) is 113 cm³/mol. The zero-order chi connectivity index (χ0) is 21.0. The molecule has 0 unspecified atom stereocenters. The Balaban J connectivity index is 1.77. The number of hydrogen-bond donors (Lipinski definition) is 1. The van der Waals surface area contributed by atoms with E-state index in [1.165, 1.54) is 48.2 Å². The smallest absolute Gasteiger partial charge is 0.241 e. The highest BCUT2D eigenvalue weighted by Crippen LogP contribution is 2.26. The molecule has 2 aromatic rings. The van der Waals surface area contributed by atoms with Crippen LogP contribution in [0.3, 0.4) is 0 Å². The summed E-state index contributed by atoms with van der Waals surface area (Å²) in [5, 5.41) is 2.91. The zero-order valence-corrected chi connectivity index (χ0v) is 17.6. The van der Waals surface area contributed by atoms with Crippen molar-refractivity contribution >= 4 is 21.6 Å². The molecule has 0 aliphatic heterocycles. The second-order valence-electron chi connectivity index (χ2n) is 7.48. The van der Waals surface area contributed by atoms with Gasteiger partial charge in [-0.15, -0.1) is 0 Å². The van der Waals surface area contributed by atoms with Gasteiger partial charge in [-0.25, -0.2) is 12.8 Å². The molecule has 3 rings (SSSR count). The van der Waals surface area contributed by atoms with Gasteiger partial charge < -0.3 is 5.32 Å². The summed E-state index contributed by atoms with van der Waals surface area (Å²) >= 11 is 0. The first kappa shape index (κ1) is 21.3. The Morgan fingerprint density at radius 2 is 1.83 bits per heavy atom. The van der Waals surface area contributed by atoms with Crippen LogP contribution in [0.2, 0.25) is 0 Å². The van der Waals surface area contributed by atoms with E-state index in [0.717, 1.165) is 29.0 Å². The van der Waals surface area contributed by atoms with Gasteiger partial charge in [0.2, 0.25) is 15.9 Å². The Kier molecular flexibility index (Phi) is 6.57. The Hall–Kier alpha value is -2.41. The van der Waals surface area contributed by atoms with Crippen LogP contribution in [0.5, 0.6) is 0 Å². The van der Waals surface area contributed by atoms with Gasteiger partial charge in [0.1, 0.15) is 12.4 Å². The minimum Gasteiger partial charge on any atom is -0.348 e. The van der Waals surface area contributed by atoms with Crippen LogP contribution in [0.15, 0.2) is 42.5 Å². The number of benzene rings is 2. The molecule has 0 heterocycles. The van der Waals surface area contributed by atoms with Crippen LogP contribution in [0.4, 0.5) is 10.1 Å². The van der Waals surface area contributed by atoms with Gasteiger partial charge in [0.15, 0.2) is 0 Å². The molecule has 1 N–H and O–H groups in total. The fourth-order valence-electron chi connectivity index (χ4n) is 3.80. The van der Waals surface area contributed by atoms with Crippen LogP contribution in [-0.2, 0) is 27.7 Å². The van der Waals surface area contributed by atoms with E-state index >= 15 is 0 Å². The van der Waals surface area contributed by atoms with Gasteiger partial charge in [0.05, 0.1) is 18.0 Å². The number of nitrogens with one attached hydrogen (secondary N) is 1. The molecular weight excluding hydrogens is 391 g/mol. The van der Waals surface area contributed by atoms with Crippen LogP contribution in [-0.4, -0.2) is 27.1 Å². The minimum atomic E-state index is -3.82. The van der Waals surface area contributed by atoms with Gasteiger partial charge in [-0.2, -0.15) is 0 Å². The van der Waals surface area contributed by atoms with Crippen molar-refractivity contribution in [1.82, 2.24) is 5.32 Å². The van der Waals surface area contributed by atoms with E-state index in [1.54, 1.807) is 0 Å². The second kappa shape index (κ2) is 8.95. The number of hydrogen-bond acceptors (Lipinski definition) is 3. The lowest BCUT2D eigenvalue weighted by atomic mass is 9.89. The van der Waals surface area contributed by atoms with E-state index in [4.69, 9.17) is 0 Å². The summed E-state index contributed by atoms with van der Waals surface area (Å²) in [6, 6.07) is 11.6. The summed E-state index contributed by atoms with van der Waals surface area (Å²) in [5.41, 5.74) is 3.57. The lowest BCUT2D eigenvalue weighted by Crippen LogP contribution is -2.41. The number of carbonyl (C=O) groups excluding carboxylic acids is 1. The van der Waals surface area contributed by atoms with Gasteiger partial charge in [0, 0.05) is 0 Å². The molecule has 0 spiro atoms. The van der Waals surface area contributed by atoms with E-state index in [-0.39, 0.29) is 11.7 Å². The molecule has 1 atom stereocenters. The number of aryl methyl sites for hydroxylation is 2. The number of fused-ring (bicyclic) bond motifs is 1. The van der Waals surface area contributed by atoms with Gasteiger partial charge in [-0.3, -0.25) is 9.10 Å². The van der Waals surface area contributed by atoms with Crippen LogP contribution in [0, 0.1) is 5.82 Å². The summed E-state index contributed by atoms with van der Waals surface area (Å²) in [4.78, 5) is 12.7. The van der Waals surface area contributed by atoms with Gasteiger partial charge >= 0.3 is 0 Å². The molecule has 0 fully saturated rings. The third-order valence-corrected chi connectivity index (χ3v) is 6.45. The molecule has 1 amide bonds. The topological polar surface area (TPSA) is 66.5 Å². The molecule has 0 bridgehead atoms. The first-order valence-electron chi connectivity index (χ1n) is 9.93. The van der Waals surface area contributed by atoms with Crippen LogP contribution >= 0.6 is 0 Å². The van der Waals surface area contributed by atoms with E-state index in [9.17, 15) is 17.6 Å². The number of nitrogens with zero attached hydrogens (tertiary/aromatic N) is 1. The number of amides is 1. The zero-order valence-electron chi connectivity index (χ0n) is 16.8. The fraction of sp³-hybridized carbons (Fsp3) is 0.409. The number of carbonyl (C=O) groups is 1. The first-order chi connectivity index (χ1) is 13.8. The average Bonchev–Trinajstić information content (AvgIpc) is 2.70. The van der Waals surface area contributed by atoms with E-state index in [2.05, 4.69) is 17.4 Å². The van der Waals surface area contributed by atoms with E-state index in [0.29, 0.717) is 6.42 Å². The van der Waals surface area contributed by atoms with Crippen molar-refractivity contribution in [3.05, 3.63) is 65.0 Å². The normalized spacial score (nSPS) is 14.7. The van der Waals surface area contributed by atoms with Crippen molar-refractivity contribution in [2.45, 2.75) is 45.1 Å². The molecule has 29 heavy (non-hydrogen) atoms. The molecule has 0 saturated carbocycles. The lowest BCUT2D eigenvalue weighted by molar-refractivity contribution is -0.120. The standard InChI is InChI=1S/C22H27FN2O3S/c1-3-20(18-13-12-16-8-4-5-9-17(16)14-18)24-22(26)15-25(29(2,27)28)21-11-7-6-10-19(21)23/h6-7,10-14,20H,3-5,8-9,15H2,1-2H3,(H,24,26)/t20-/m0/s1. The predicted octanol–water partition coefficient (Wildman–Crippen LogP) is 3.74. The molecule has 0 aromatic heterocycles. The lowest BCUT2D eigenvalue weighted by Gasteiger charge is -2.25. The van der Waals surface area contributed by atoms with Crippen LogP contribution in [0.25, 0.3) is 0 Å². The van der Waals surface area contributed by atoms with Crippen LogP contribution in [0.1, 0.15) is 48.9 Å². The maximum absolute atomic E-state index is 14.1. The van der Waals surface area contributed by atoms with Crippen molar-refractivity contribution in [3.8, 4) is 0 Å². The minimum absolute atomic E-state index is 0.132. The third-order valence-electron chi connectivity index (χ3n) is 5.33. The Labute approximate surface area is 172 Å². The molecule has 1 aliphatic carbocycles. The SMILES string of the molecule is CC[C@H](NC(=O)CN(c1ccccc1F)S(C)(=O)=O)c1ccc2c(c1)CCCC2. The Morgan fingerprint density at radius 1 is 1.14 bits per heavy atom. The monoisotopic (exact) mass is 418 g/mol. The van der Waals surface area contributed by atoms with Gasteiger partial charge in [0.25, 0.3) is 0 Å². The highest BCUT2D eigenvalue weighted by molar-refractivity contribution is 7.92. The largest absolute Gasteiger partial charge is 0.348 e. The highest BCUT2D eigenvalue weighted by atomic mass is 32.2. The van der Waals surface area contributed by atoms with E-state index in [1.807, 2.05) is 13.0 Å². The van der Waals surface area contributed by atoms with Crippen molar-refractivity contribution < 1.29 is 17.6 Å². The average molecular weight is 419 g/mol. The quantitative estimate of drug-likeness (QED) is 0.745. The van der Waals surface area contributed by atoms with Crippen molar-refractivity contribution in [3.63, 3.8) is 0 Å². The van der Waals surface area contributed by atoms with Crippen molar-refractivity contribution in [2.24, 2.45) is 0 Å². The van der Waals surface area contributed by atoms with E-state index < -0.39 is 28.3 Å². The summed E-state index contributed by atoms with van der Waals surface area (Å²) in [5.74, 6) is -1.16. The molecule has 5 nitrogen and oxygen atoms in total. The molecular formula is C22H27FN2O3S. The third kappa shape index (κ3) is 5.15. The molecule has 2 aromatic carbocycles. The number of para-hydroxylation sites is 1. The molecule has 1 aliphatic rings. The van der Waals surface area contributed by atoms with Crippen molar-refractivity contribution in [1.29, 1.82) is 0 Å². The van der Waals surface area contributed by atoms with Gasteiger partial charge in [-0.1, -0.05) is 37.3 Å². The van der Waals surface area contributed by atoms with Crippen LogP contribution < -0.4 is 9.62 Å². The Bertz CT molecular complexity index is 991. The number of rotatable bonds is 7. The highest BCUT2D eigenvalue weighted by Gasteiger charge is 2.25. The first-order valence-corrected chi connectivity index (χ1v) is 11.8. The molecule has 0 saturated heterocycles. The summed E-state index contributed by atoms with van der Waals surface area (Å²) in [7, 11) is -3.82. The molecule has 7 heteroatoms. The Morgan fingerprint density at radius 3 is 2.48 bits per heavy atom. The van der Waals surface area contributed by atoms with Gasteiger partial charge in [-0.05, 0) is 60.9 Å². The summed E-state index contributed by atoms with van der Waals surface area (Å²) in [6.45, 7) is 1.50. The fourth-order valence-corrected chi connectivity index (χ4v) is 4.65. The number of halogens is 1. The van der Waals surface area contributed by atoms with Crippen molar-refractivity contribution in [2.75, 3.05) is 17.1 Å². The number of sulfonamides is 1. The maximum Gasteiger partial charge on any atom is 0.241 e.